The van der Waals surface area contributed by atoms with E-state index in [1.54, 1.807) is 0 Å². The van der Waals surface area contributed by atoms with Crippen molar-refractivity contribution in [3.05, 3.63) is 156 Å². The molecule has 3 nitrogen and oxygen atoms in total. The summed E-state index contributed by atoms with van der Waals surface area (Å²) in [5.41, 5.74) is 12.5. The highest BCUT2D eigenvalue weighted by Crippen LogP contribution is 2.50. The number of para-hydroxylation sites is 2. The molecule has 7 aromatic rings. The molecule has 0 atom stereocenters. The maximum Gasteiger partial charge on any atom is 0.0991 e. The predicted octanol–water partition coefficient (Wildman–Crippen LogP) is 10.4. The molecule has 1 aliphatic rings. The van der Waals surface area contributed by atoms with Gasteiger partial charge in [0, 0.05) is 38.9 Å². The van der Waals surface area contributed by atoms with Crippen molar-refractivity contribution in [3.8, 4) is 22.9 Å². The van der Waals surface area contributed by atoms with Crippen LogP contribution in [0.25, 0.3) is 38.6 Å². The van der Waals surface area contributed by atoms with Gasteiger partial charge in [-0.3, -0.25) is 0 Å². The van der Waals surface area contributed by atoms with Crippen LogP contribution in [0.15, 0.2) is 140 Å². The number of anilines is 3. The van der Waals surface area contributed by atoms with Gasteiger partial charge < -0.3 is 9.47 Å². The molecule has 0 unspecified atom stereocenters. The van der Waals surface area contributed by atoms with Crippen LogP contribution in [0, 0.1) is 11.3 Å². The van der Waals surface area contributed by atoms with Crippen molar-refractivity contribution in [1.29, 1.82) is 5.26 Å². The largest absolute Gasteiger partial charge is 0.310 e. The molecule has 6 aromatic carbocycles. The first-order valence-corrected chi connectivity index (χ1v) is 14.7. The van der Waals surface area contributed by atoms with Gasteiger partial charge in [-0.25, -0.2) is 0 Å². The molecular formula is C40H29N3. The fourth-order valence-electron chi connectivity index (χ4n) is 6.92. The van der Waals surface area contributed by atoms with Crippen LogP contribution in [0.5, 0.6) is 0 Å². The van der Waals surface area contributed by atoms with E-state index >= 15 is 0 Å². The molecule has 0 amide bonds. The van der Waals surface area contributed by atoms with Crippen LogP contribution in [0.4, 0.5) is 17.1 Å². The molecule has 0 saturated carbocycles. The fourth-order valence-corrected chi connectivity index (χ4v) is 6.92. The second kappa shape index (κ2) is 9.48. The molecule has 0 radical (unpaired) electrons. The summed E-state index contributed by atoms with van der Waals surface area (Å²) in [5, 5.41) is 11.9. The highest BCUT2D eigenvalue weighted by Gasteiger charge is 2.35. The Kier molecular flexibility index (Phi) is 5.54. The van der Waals surface area contributed by atoms with Crippen LogP contribution in [0.1, 0.15) is 30.5 Å². The van der Waals surface area contributed by atoms with Gasteiger partial charge >= 0.3 is 0 Å². The van der Waals surface area contributed by atoms with Gasteiger partial charge in [0.25, 0.3) is 0 Å². The van der Waals surface area contributed by atoms with Gasteiger partial charge in [-0.1, -0.05) is 80.6 Å². The topological polar surface area (TPSA) is 32.0 Å². The lowest BCUT2D eigenvalue weighted by Crippen LogP contribution is -2.16. The first-order chi connectivity index (χ1) is 21.0. The summed E-state index contributed by atoms with van der Waals surface area (Å²) in [5.74, 6) is 0. The summed E-state index contributed by atoms with van der Waals surface area (Å²) >= 11 is 0. The maximum atomic E-state index is 9.50. The predicted molar refractivity (Wildman–Crippen MR) is 178 cm³/mol. The Morgan fingerprint density at radius 1 is 0.558 bits per heavy atom. The number of hydrogen-bond donors (Lipinski definition) is 0. The van der Waals surface area contributed by atoms with Crippen molar-refractivity contribution in [2.24, 2.45) is 0 Å². The molecule has 0 bridgehead atoms. The Labute approximate surface area is 251 Å². The number of hydrogen-bond acceptors (Lipinski definition) is 2. The zero-order chi connectivity index (χ0) is 29.1. The molecule has 1 heterocycles. The number of nitriles is 1. The summed E-state index contributed by atoms with van der Waals surface area (Å²) in [7, 11) is 0. The molecule has 0 spiro atoms. The monoisotopic (exact) mass is 551 g/mol. The lowest BCUT2D eigenvalue weighted by atomic mass is 9.82. The van der Waals surface area contributed by atoms with Crippen LogP contribution < -0.4 is 4.90 Å². The molecule has 0 fully saturated rings. The Morgan fingerprint density at radius 3 is 2.00 bits per heavy atom. The minimum Gasteiger partial charge on any atom is -0.310 e. The van der Waals surface area contributed by atoms with E-state index < -0.39 is 0 Å². The number of aromatic nitrogens is 1. The highest BCUT2D eigenvalue weighted by atomic mass is 15.1. The van der Waals surface area contributed by atoms with E-state index in [1.807, 2.05) is 24.3 Å². The summed E-state index contributed by atoms with van der Waals surface area (Å²) in [6, 6.07) is 51.7. The first kappa shape index (κ1) is 25.1. The normalized spacial score (nSPS) is 13.0. The van der Waals surface area contributed by atoms with Crippen molar-refractivity contribution >= 4 is 38.9 Å². The van der Waals surface area contributed by atoms with E-state index in [-0.39, 0.29) is 5.41 Å². The van der Waals surface area contributed by atoms with E-state index in [1.165, 1.54) is 44.1 Å². The van der Waals surface area contributed by atoms with Gasteiger partial charge in [-0.2, -0.15) is 5.26 Å². The van der Waals surface area contributed by atoms with Crippen LogP contribution in [-0.2, 0) is 5.41 Å². The standard InChI is InChI=1S/C40H29N3/c1-40(2)36-14-8-6-12-32(36)33-22-20-31(25-37(33)40)42(29-18-16-27(26-41)17-19-29)30-21-23-39-35(24-30)34-13-7-9-15-38(34)43(39)28-10-4-3-5-11-28/h3-25H,1-2H3. The van der Waals surface area contributed by atoms with E-state index in [9.17, 15) is 5.26 Å². The third kappa shape index (κ3) is 3.81. The summed E-state index contributed by atoms with van der Waals surface area (Å²) in [6.07, 6.45) is 0. The Balaban J connectivity index is 1.35. The summed E-state index contributed by atoms with van der Waals surface area (Å²) < 4.78 is 2.34. The molecule has 1 aromatic heterocycles. The molecule has 1 aliphatic carbocycles. The number of fused-ring (bicyclic) bond motifs is 6. The molecule has 204 valence electrons. The minimum absolute atomic E-state index is 0.106. The minimum atomic E-state index is -0.106. The quantitative estimate of drug-likeness (QED) is 0.218. The van der Waals surface area contributed by atoms with Crippen LogP contribution in [0.2, 0.25) is 0 Å². The third-order valence-electron chi connectivity index (χ3n) is 9.01. The lowest BCUT2D eigenvalue weighted by Gasteiger charge is -2.28. The van der Waals surface area contributed by atoms with Crippen molar-refractivity contribution in [2.75, 3.05) is 4.90 Å². The molecular weight excluding hydrogens is 522 g/mol. The van der Waals surface area contributed by atoms with Crippen molar-refractivity contribution in [2.45, 2.75) is 19.3 Å². The average molecular weight is 552 g/mol. The van der Waals surface area contributed by atoms with E-state index in [4.69, 9.17) is 0 Å². The second-order valence-corrected chi connectivity index (χ2v) is 11.8. The van der Waals surface area contributed by atoms with Gasteiger partial charge in [-0.15, -0.1) is 0 Å². The van der Waals surface area contributed by atoms with E-state index in [0.717, 1.165) is 22.7 Å². The van der Waals surface area contributed by atoms with Crippen LogP contribution in [-0.4, -0.2) is 4.57 Å². The van der Waals surface area contributed by atoms with Crippen molar-refractivity contribution < 1.29 is 0 Å². The van der Waals surface area contributed by atoms with Gasteiger partial charge in [-0.05, 0) is 95.1 Å². The molecule has 0 N–H and O–H groups in total. The van der Waals surface area contributed by atoms with Crippen LogP contribution >= 0.6 is 0 Å². The third-order valence-corrected chi connectivity index (χ3v) is 9.01. The SMILES string of the molecule is CC1(C)c2ccccc2-c2ccc(N(c3ccc(C#N)cc3)c3ccc4c(c3)c3ccccc3n4-c3ccccc3)cc21. The zero-order valence-corrected chi connectivity index (χ0v) is 24.1. The van der Waals surface area contributed by atoms with Gasteiger partial charge in [0.1, 0.15) is 0 Å². The molecule has 43 heavy (non-hydrogen) atoms. The zero-order valence-electron chi connectivity index (χ0n) is 24.1. The fraction of sp³-hybridized carbons (Fsp3) is 0.0750. The second-order valence-electron chi connectivity index (χ2n) is 11.8. The van der Waals surface area contributed by atoms with Crippen molar-refractivity contribution in [3.63, 3.8) is 0 Å². The summed E-state index contributed by atoms with van der Waals surface area (Å²) in [6.45, 7) is 4.63. The maximum absolute atomic E-state index is 9.50. The highest BCUT2D eigenvalue weighted by molar-refractivity contribution is 6.10. The van der Waals surface area contributed by atoms with E-state index in [2.05, 4.69) is 145 Å². The summed E-state index contributed by atoms with van der Waals surface area (Å²) in [4.78, 5) is 2.31. The molecule has 0 aliphatic heterocycles. The molecule has 3 heteroatoms. The van der Waals surface area contributed by atoms with Gasteiger partial charge in [0.15, 0.2) is 0 Å². The Hall–Kier alpha value is -5.59. The number of rotatable bonds is 4. The van der Waals surface area contributed by atoms with Crippen molar-refractivity contribution in [1.82, 2.24) is 4.57 Å². The smallest absolute Gasteiger partial charge is 0.0991 e. The molecule has 0 saturated heterocycles. The number of nitrogens with zero attached hydrogens (tertiary/aromatic N) is 3. The number of benzene rings is 6. The van der Waals surface area contributed by atoms with E-state index in [0.29, 0.717) is 5.56 Å². The van der Waals surface area contributed by atoms with Gasteiger partial charge in [0.2, 0.25) is 0 Å². The van der Waals surface area contributed by atoms with Gasteiger partial charge in [0.05, 0.1) is 22.7 Å². The Bertz CT molecular complexity index is 2210. The lowest BCUT2D eigenvalue weighted by molar-refractivity contribution is 0.660. The Morgan fingerprint density at radius 2 is 1.19 bits per heavy atom. The first-order valence-electron chi connectivity index (χ1n) is 14.7. The average Bonchev–Trinajstić information content (AvgIpc) is 3.50. The van der Waals surface area contributed by atoms with Crippen LogP contribution in [0.3, 0.4) is 0 Å². The molecule has 8 rings (SSSR count).